The van der Waals surface area contributed by atoms with Gasteiger partial charge in [-0.3, -0.25) is 4.79 Å². The van der Waals surface area contributed by atoms with Crippen molar-refractivity contribution in [1.29, 1.82) is 0 Å². The molecule has 1 aromatic heterocycles. The summed E-state index contributed by atoms with van der Waals surface area (Å²) < 4.78 is 37.2. The fraction of sp³-hybridized carbons (Fsp3) is 0.615. The van der Waals surface area contributed by atoms with Crippen LogP contribution in [-0.4, -0.2) is 53.1 Å². The first-order valence-corrected chi connectivity index (χ1v) is 6.58. The van der Waals surface area contributed by atoms with Crippen molar-refractivity contribution in [2.75, 3.05) is 25.0 Å². The van der Waals surface area contributed by atoms with Crippen LogP contribution in [0.1, 0.15) is 17.8 Å². The Balaban J connectivity index is 2.14. The number of hydrogen-bond acceptors (Lipinski definition) is 4. The minimum atomic E-state index is -4.38. The molecule has 1 aromatic rings. The molecule has 0 aliphatic carbocycles. The van der Waals surface area contributed by atoms with Crippen molar-refractivity contribution in [2.45, 2.75) is 32.5 Å². The molecule has 1 amide bonds. The first-order chi connectivity index (χ1) is 9.67. The van der Waals surface area contributed by atoms with Crippen LogP contribution < -0.4 is 4.90 Å². The molecule has 1 atom stereocenters. The van der Waals surface area contributed by atoms with Gasteiger partial charge in [0.1, 0.15) is 12.6 Å². The summed E-state index contributed by atoms with van der Waals surface area (Å²) in [5.41, 5.74) is 1.50. The van der Waals surface area contributed by atoms with Crippen LogP contribution in [0.4, 0.5) is 19.1 Å². The Hall–Kier alpha value is -1.86. The molecule has 0 spiro atoms. The summed E-state index contributed by atoms with van der Waals surface area (Å²) in [4.78, 5) is 23.0. The lowest BCUT2D eigenvalue weighted by molar-refractivity contribution is -0.157. The van der Waals surface area contributed by atoms with E-state index in [9.17, 15) is 18.0 Å². The van der Waals surface area contributed by atoms with Gasteiger partial charge in [-0.15, -0.1) is 0 Å². The van der Waals surface area contributed by atoms with Crippen LogP contribution >= 0.6 is 0 Å². The molecule has 0 aromatic carbocycles. The number of rotatable bonds is 3. The van der Waals surface area contributed by atoms with Crippen LogP contribution in [0, 0.1) is 13.8 Å². The lowest BCUT2D eigenvalue weighted by atomic mass is 10.2. The average Bonchev–Trinajstić information content (AvgIpc) is 2.67. The predicted molar refractivity (Wildman–Crippen MR) is 70.9 cm³/mol. The molecule has 21 heavy (non-hydrogen) atoms. The lowest BCUT2D eigenvalue weighted by Gasteiger charge is -2.24. The third kappa shape index (κ3) is 3.62. The predicted octanol–water partition coefficient (Wildman–Crippen LogP) is 1.69. The molecule has 0 radical (unpaired) electrons. The Kier molecular flexibility index (Phi) is 4.06. The van der Waals surface area contributed by atoms with Crippen molar-refractivity contribution in [3.05, 3.63) is 17.5 Å². The SMILES string of the molecule is Cc1cc(C)nc(N(C)[C@H]2CCN(CC(F)(F)F)C2=O)n1. The number of halogens is 3. The molecule has 0 saturated carbocycles. The summed E-state index contributed by atoms with van der Waals surface area (Å²) in [5, 5.41) is 0. The third-order valence-corrected chi connectivity index (χ3v) is 3.39. The Morgan fingerprint density at radius 2 is 1.90 bits per heavy atom. The smallest absolute Gasteiger partial charge is 0.332 e. The van der Waals surface area contributed by atoms with Crippen molar-refractivity contribution in [3.63, 3.8) is 0 Å². The van der Waals surface area contributed by atoms with E-state index in [2.05, 4.69) is 9.97 Å². The summed E-state index contributed by atoms with van der Waals surface area (Å²) in [6, 6.07) is 1.15. The molecule has 116 valence electrons. The highest BCUT2D eigenvalue weighted by atomic mass is 19.4. The van der Waals surface area contributed by atoms with E-state index in [4.69, 9.17) is 0 Å². The third-order valence-electron chi connectivity index (χ3n) is 3.39. The number of hydrogen-bond donors (Lipinski definition) is 0. The van der Waals surface area contributed by atoms with Crippen LogP contribution in [0.3, 0.4) is 0 Å². The first kappa shape index (κ1) is 15.5. The average molecular weight is 302 g/mol. The van der Waals surface area contributed by atoms with Gasteiger partial charge in [-0.25, -0.2) is 9.97 Å². The number of nitrogens with zero attached hydrogens (tertiary/aromatic N) is 4. The van der Waals surface area contributed by atoms with E-state index < -0.39 is 24.7 Å². The van der Waals surface area contributed by atoms with Gasteiger partial charge < -0.3 is 9.80 Å². The van der Waals surface area contributed by atoms with Crippen LogP contribution in [-0.2, 0) is 4.79 Å². The topological polar surface area (TPSA) is 49.3 Å². The van der Waals surface area contributed by atoms with E-state index in [1.807, 2.05) is 0 Å². The van der Waals surface area contributed by atoms with Gasteiger partial charge in [0.25, 0.3) is 0 Å². The van der Waals surface area contributed by atoms with Gasteiger partial charge in [0.05, 0.1) is 0 Å². The first-order valence-electron chi connectivity index (χ1n) is 6.58. The van der Waals surface area contributed by atoms with Crippen molar-refractivity contribution < 1.29 is 18.0 Å². The second-order valence-corrected chi connectivity index (χ2v) is 5.24. The number of anilines is 1. The maximum atomic E-state index is 12.4. The van der Waals surface area contributed by atoms with Crippen molar-refractivity contribution >= 4 is 11.9 Å². The zero-order chi connectivity index (χ0) is 15.8. The standard InChI is InChI=1S/C13H17F3N4O/c1-8-6-9(2)18-12(17-8)19(3)10-4-5-20(11(10)21)7-13(14,15)16/h6,10H,4-5,7H2,1-3H3/t10-/m0/s1. The van der Waals surface area contributed by atoms with Crippen LogP contribution in [0.2, 0.25) is 0 Å². The minimum Gasteiger partial charge on any atom is -0.332 e. The lowest BCUT2D eigenvalue weighted by Crippen LogP contribution is -2.43. The molecule has 0 N–H and O–H groups in total. The minimum absolute atomic E-state index is 0.0954. The molecule has 2 rings (SSSR count). The second kappa shape index (κ2) is 5.50. The van der Waals surface area contributed by atoms with Crippen LogP contribution in [0.15, 0.2) is 6.07 Å². The summed E-state index contributed by atoms with van der Waals surface area (Å²) >= 11 is 0. The monoisotopic (exact) mass is 302 g/mol. The number of amides is 1. The Bertz CT molecular complexity index is 526. The summed E-state index contributed by atoms with van der Waals surface area (Å²) in [6.45, 7) is 2.50. The molecule has 5 nitrogen and oxygen atoms in total. The van der Waals surface area contributed by atoms with E-state index in [-0.39, 0.29) is 6.54 Å². The molecule has 2 heterocycles. The van der Waals surface area contributed by atoms with Crippen LogP contribution in [0.5, 0.6) is 0 Å². The highest BCUT2D eigenvalue weighted by Crippen LogP contribution is 2.24. The number of aryl methyl sites for hydroxylation is 2. The number of likely N-dealkylation sites (tertiary alicyclic amines) is 1. The Morgan fingerprint density at radius 1 is 1.33 bits per heavy atom. The van der Waals surface area contributed by atoms with Gasteiger partial charge in [-0.2, -0.15) is 13.2 Å². The van der Waals surface area contributed by atoms with Gasteiger partial charge >= 0.3 is 6.18 Å². The van der Waals surface area contributed by atoms with Gasteiger partial charge in [0.2, 0.25) is 11.9 Å². The maximum Gasteiger partial charge on any atom is 0.406 e. The Labute approximate surface area is 120 Å². The molecule has 1 aliphatic heterocycles. The molecular weight excluding hydrogens is 285 g/mol. The molecule has 1 fully saturated rings. The van der Waals surface area contributed by atoms with Crippen molar-refractivity contribution in [3.8, 4) is 0 Å². The number of likely N-dealkylation sites (N-methyl/N-ethyl adjacent to an activating group) is 1. The van der Waals surface area contributed by atoms with E-state index in [1.54, 1.807) is 31.9 Å². The number of carbonyl (C=O) groups excluding carboxylic acids is 1. The molecule has 1 saturated heterocycles. The highest BCUT2D eigenvalue weighted by Gasteiger charge is 2.41. The summed E-state index contributed by atoms with van der Waals surface area (Å²) in [5.74, 6) is -0.169. The number of alkyl halides is 3. The maximum absolute atomic E-state index is 12.4. The van der Waals surface area contributed by atoms with E-state index in [1.165, 1.54) is 0 Å². The van der Waals surface area contributed by atoms with E-state index >= 15 is 0 Å². The van der Waals surface area contributed by atoms with Crippen LogP contribution in [0.25, 0.3) is 0 Å². The fourth-order valence-corrected chi connectivity index (χ4v) is 2.46. The second-order valence-electron chi connectivity index (χ2n) is 5.24. The molecule has 0 bridgehead atoms. The van der Waals surface area contributed by atoms with Crippen molar-refractivity contribution in [2.24, 2.45) is 0 Å². The van der Waals surface area contributed by atoms with Gasteiger partial charge in [-0.05, 0) is 26.3 Å². The molecule has 8 heteroatoms. The van der Waals surface area contributed by atoms with Gasteiger partial charge in [0.15, 0.2) is 0 Å². The zero-order valence-electron chi connectivity index (χ0n) is 12.1. The van der Waals surface area contributed by atoms with Gasteiger partial charge in [-0.1, -0.05) is 0 Å². The summed E-state index contributed by atoms with van der Waals surface area (Å²) in [6.07, 6.45) is -4.04. The quantitative estimate of drug-likeness (QED) is 0.852. The molecular formula is C13H17F3N4O. The molecule has 1 aliphatic rings. The zero-order valence-corrected chi connectivity index (χ0v) is 12.1. The van der Waals surface area contributed by atoms with Gasteiger partial charge in [0, 0.05) is 25.0 Å². The number of carbonyl (C=O) groups is 1. The van der Waals surface area contributed by atoms with E-state index in [0.717, 1.165) is 16.3 Å². The Morgan fingerprint density at radius 3 is 2.43 bits per heavy atom. The largest absolute Gasteiger partial charge is 0.406 e. The van der Waals surface area contributed by atoms with E-state index in [0.29, 0.717) is 12.4 Å². The fourth-order valence-electron chi connectivity index (χ4n) is 2.46. The number of aromatic nitrogens is 2. The summed E-state index contributed by atoms with van der Waals surface area (Å²) in [7, 11) is 1.63. The molecule has 0 unspecified atom stereocenters. The van der Waals surface area contributed by atoms with Crippen molar-refractivity contribution in [1.82, 2.24) is 14.9 Å². The normalized spacial score (nSPS) is 19.2. The highest BCUT2D eigenvalue weighted by molar-refractivity contribution is 5.86.